The molecule has 0 bridgehead atoms. The molecule has 0 aliphatic rings. The Hall–Kier alpha value is -1.88. The summed E-state index contributed by atoms with van der Waals surface area (Å²) in [5.74, 6) is -0.0747. The SMILES string of the molecule is COC(CNC(=O)CC(N)c1ccccc1)c1ccccc1.Cl. The van der Waals surface area contributed by atoms with E-state index in [0.717, 1.165) is 11.1 Å². The Balaban J connectivity index is 0.00000264. The van der Waals surface area contributed by atoms with E-state index < -0.39 is 0 Å². The number of benzene rings is 2. The molecule has 1 amide bonds. The molecule has 124 valence electrons. The molecule has 5 heteroatoms. The number of carbonyl (C=O) groups excluding carboxylic acids is 1. The van der Waals surface area contributed by atoms with Crippen molar-refractivity contribution < 1.29 is 9.53 Å². The van der Waals surface area contributed by atoms with Gasteiger partial charge in [-0.05, 0) is 11.1 Å². The molecule has 0 aromatic heterocycles. The maximum Gasteiger partial charge on any atom is 0.222 e. The minimum Gasteiger partial charge on any atom is -0.375 e. The molecule has 0 saturated heterocycles. The number of ether oxygens (including phenoxy) is 1. The molecule has 23 heavy (non-hydrogen) atoms. The number of halogens is 1. The van der Waals surface area contributed by atoms with Crippen molar-refractivity contribution in [3.8, 4) is 0 Å². The van der Waals surface area contributed by atoms with Gasteiger partial charge in [0.05, 0.1) is 6.10 Å². The van der Waals surface area contributed by atoms with Gasteiger partial charge in [0.15, 0.2) is 0 Å². The zero-order chi connectivity index (χ0) is 15.8. The maximum absolute atomic E-state index is 12.0. The predicted octanol–water partition coefficient (Wildman–Crippen LogP) is 3.00. The quantitative estimate of drug-likeness (QED) is 0.818. The van der Waals surface area contributed by atoms with Crippen molar-refractivity contribution in [2.45, 2.75) is 18.6 Å². The molecule has 0 aliphatic carbocycles. The highest BCUT2D eigenvalue weighted by Gasteiger charge is 2.14. The van der Waals surface area contributed by atoms with E-state index in [9.17, 15) is 4.79 Å². The Morgan fingerprint density at radius 2 is 1.57 bits per heavy atom. The molecule has 2 aromatic carbocycles. The molecule has 4 nitrogen and oxygen atoms in total. The third-order valence-corrected chi connectivity index (χ3v) is 3.57. The lowest BCUT2D eigenvalue weighted by Gasteiger charge is -2.17. The highest BCUT2D eigenvalue weighted by atomic mass is 35.5. The second-order valence-corrected chi connectivity index (χ2v) is 5.16. The molecule has 2 unspecified atom stereocenters. The van der Waals surface area contributed by atoms with E-state index in [4.69, 9.17) is 10.5 Å². The average molecular weight is 335 g/mol. The van der Waals surface area contributed by atoms with Gasteiger partial charge in [0, 0.05) is 26.1 Å². The van der Waals surface area contributed by atoms with Gasteiger partial charge in [-0.2, -0.15) is 0 Å². The lowest BCUT2D eigenvalue weighted by Crippen LogP contribution is -2.31. The Morgan fingerprint density at radius 3 is 2.09 bits per heavy atom. The summed E-state index contributed by atoms with van der Waals surface area (Å²) in [5.41, 5.74) is 8.06. The van der Waals surface area contributed by atoms with Crippen LogP contribution in [0.3, 0.4) is 0 Å². The number of rotatable bonds is 7. The minimum atomic E-state index is -0.293. The van der Waals surface area contributed by atoms with Crippen LogP contribution in [0.1, 0.15) is 29.7 Å². The number of nitrogens with two attached hydrogens (primary N) is 1. The van der Waals surface area contributed by atoms with E-state index in [2.05, 4.69) is 5.32 Å². The monoisotopic (exact) mass is 334 g/mol. The highest BCUT2D eigenvalue weighted by molar-refractivity contribution is 5.85. The van der Waals surface area contributed by atoms with Gasteiger partial charge in [-0.25, -0.2) is 0 Å². The Bertz CT molecular complexity index is 578. The van der Waals surface area contributed by atoms with Gasteiger partial charge in [-0.1, -0.05) is 60.7 Å². The van der Waals surface area contributed by atoms with Crippen LogP contribution in [0.2, 0.25) is 0 Å². The summed E-state index contributed by atoms with van der Waals surface area (Å²) >= 11 is 0. The lowest BCUT2D eigenvalue weighted by molar-refractivity contribution is -0.122. The van der Waals surface area contributed by atoms with Crippen molar-refractivity contribution in [3.63, 3.8) is 0 Å². The van der Waals surface area contributed by atoms with Crippen LogP contribution in [0.5, 0.6) is 0 Å². The number of hydrogen-bond donors (Lipinski definition) is 2. The first-order chi connectivity index (χ1) is 10.7. The molecule has 0 aliphatic heterocycles. The number of amides is 1. The van der Waals surface area contributed by atoms with Gasteiger partial charge in [-0.15, -0.1) is 12.4 Å². The average Bonchev–Trinajstić information content (AvgIpc) is 2.57. The molecule has 2 aromatic rings. The van der Waals surface area contributed by atoms with Crippen LogP contribution in [0.4, 0.5) is 0 Å². The largest absolute Gasteiger partial charge is 0.375 e. The second kappa shape index (κ2) is 10.0. The Labute approximate surface area is 143 Å². The van der Waals surface area contributed by atoms with Crippen molar-refractivity contribution in [1.82, 2.24) is 5.32 Å². The minimum absolute atomic E-state index is 0. The summed E-state index contributed by atoms with van der Waals surface area (Å²) in [6.07, 6.45) is 0.105. The van der Waals surface area contributed by atoms with E-state index >= 15 is 0 Å². The summed E-state index contributed by atoms with van der Waals surface area (Å²) < 4.78 is 5.43. The van der Waals surface area contributed by atoms with Crippen molar-refractivity contribution in [3.05, 3.63) is 71.8 Å². The van der Waals surface area contributed by atoms with Crippen LogP contribution in [0, 0.1) is 0 Å². The van der Waals surface area contributed by atoms with Crippen LogP contribution in [-0.4, -0.2) is 19.6 Å². The van der Waals surface area contributed by atoms with E-state index in [1.807, 2.05) is 60.7 Å². The van der Waals surface area contributed by atoms with Crippen molar-refractivity contribution in [2.75, 3.05) is 13.7 Å². The van der Waals surface area contributed by atoms with Crippen LogP contribution < -0.4 is 11.1 Å². The summed E-state index contributed by atoms with van der Waals surface area (Å²) in [4.78, 5) is 12.0. The van der Waals surface area contributed by atoms with Gasteiger partial charge < -0.3 is 15.8 Å². The molecule has 2 rings (SSSR count). The number of methoxy groups -OCH3 is 1. The summed E-state index contributed by atoms with van der Waals surface area (Å²) in [5, 5.41) is 2.89. The molecule has 3 N–H and O–H groups in total. The summed E-state index contributed by atoms with van der Waals surface area (Å²) in [6.45, 7) is 0.431. The smallest absolute Gasteiger partial charge is 0.222 e. The first-order valence-corrected chi connectivity index (χ1v) is 7.35. The first-order valence-electron chi connectivity index (χ1n) is 7.35. The fourth-order valence-corrected chi connectivity index (χ4v) is 2.30. The van der Waals surface area contributed by atoms with Crippen LogP contribution in [-0.2, 0) is 9.53 Å². The summed E-state index contributed by atoms with van der Waals surface area (Å²) in [6, 6.07) is 19.2. The van der Waals surface area contributed by atoms with Crippen LogP contribution in [0.15, 0.2) is 60.7 Å². The molecular formula is C18H23ClN2O2. The van der Waals surface area contributed by atoms with Crippen LogP contribution in [0.25, 0.3) is 0 Å². The normalized spacial score (nSPS) is 12.8. The van der Waals surface area contributed by atoms with Crippen molar-refractivity contribution >= 4 is 18.3 Å². The van der Waals surface area contributed by atoms with E-state index in [-0.39, 0.29) is 36.9 Å². The molecule has 0 saturated carbocycles. The van der Waals surface area contributed by atoms with Crippen molar-refractivity contribution in [1.29, 1.82) is 0 Å². The Morgan fingerprint density at radius 1 is 1.04 bits per heavy atom. The zero-order valence-electron chi connectivity index (χ0n) is 13.1. The predicted molar refractivity (Wildman–Crippen MR) is 94.4 cm³/mol. The Kier molecular flexibility index (Phi) is 8.33. The van der Waals surface area contributed by atoms with Gasteiger partial charge in [0.2, 0.25) is 5.91 Å². The number of hydrogen-bond acceptors (Lipinski definition) is 3. The maximum atomic E-state index is 12.0. The number of carbonyl (C=O) groups is 1. The van der Waals surface area contributed by atoms with Crippen LogP contribution >= 0.6 is 12.4 Å². The molecular weight excluding hydrogens is 312 g/mol. The van der Waals surface area contributed by atoms with Gasteiger partial charge >= 0.3 is 0 Å². The summed E-state index contributed by atoms with van der Waals surface area (Å²) in [7, 11) is 1.64. The topological polar surface area (TPSA) is 64.3 Å². The molecule has 0 spiro atoms. The fraction of sp³-hybridized carbons (Fsp3) is 0.278. The van der Waals surface area contributed by atoms with E-state index in [1.165, 1.54) is 0 Å². The molecule has 0 radical (unpaired) electrons. The van der Waals surface area contributed by atoms with E-state index in [0.29, 0.717) is 6.54 Å². The molecule has 0 fully saturated rings. The second-order valence-electron chi connectivity index (χ2n) is 5.16. The standard InChI is InChI=1S/C18H22N2O2.ClH/c1-22-17(15-10-6-3-7-11-15)13-20-18(21)12-16(19)14-8-4-2-5-9-14;/h2-11,16-17H,12-13,19H2,1H3,(H,20,21);1H. The van der Waals surface area contributed by atoms with Crippen molar-refractivity contribution in [2.24, 2.45) is 5.73 Å². The van der Waals surface area contributed by atoms with E-state index in [1.54, 1.807) is 7.11 Å². The number of nitrogens with one attached hydrogen (secondary N) is 1. The highest BCUT2D eigenvalue weighted by Crippen LogP contribution is 2.16. The molecule has 0 heterocycles. The fourth-order valence-electron chi connectivity index (χ4n) is 2.30. The first kappa shape index (κ1) is 19.2. The van der Waals surface area contributed by atoms with Gasteiger partial charge in [0.25, 0.3) is 0 Å². The lowest BCUT2D eigenvalue weighted by atomic mass is 10.0. The third kappa shape index (κ3) is 6.02. The van der Waals surface area contributed by atoms with Gasteiger partial charge in [-0.3, -0.25) is 4.79 Å². The third-order valence-electron chi connectivity index (χ3n) is 3.57. The van der Waals surface area contributed by atoms with Gasteiger partial charge in [0.1, 0.15) is 0 Å². The molecule has 2 atom stereocenters. The zero-order valence-corrected chi connectivity index (χ0v) is 14.0.